The van der Waals surface area contributed by atoms with Gasteiger partial charge in [0.2, 0.25) is 0 Å². The number of rotatable bonds is 3. The minimum Gasteiger partial charge on any atom is -0.397 e. The molecule has 0 saturated carbocycles. The molecule has 0 amide bonds. The summed E-state index contributed by atoms with van der Waals surface area (Å²) in [6, 6.07) is 11.8. The van der Waals surface area contributed by atoms with Crippen molar-refractivity contribution in [3.05, 3.63) is 53.1 Å². The lowest BCUT2D eigenvalue weighted by atomic mass is 10.1. The van der Waals surface area contributed by atoms with Gasteiger partial charge in [0, 0.05) is 0 Å². The number of hydrogen-bond donors (Lipinski definition) is 2. The Balaban J connectivity index is 2.55. The van der Waals surface area contributed by atoms with Crippen molar-refractivity contribution >= 4 is 21.4 Å². The SMILES string of the molecule is Cc1ccc(C)c(S(=O)(=O)Nc2ccccc2C#N)c1N. The molecule has 0 aliphatic rings. The molecule has 2 rings (SSSR count). The van der Waals surface area contributed by atoms with E-state index in [2.05, 4.69) is 4.72 Å². The fourth-order valence-corrected chi connectivity index (χ4v) is 3.54. The van der Waals surface area contributed by atoms with Gasteiger partial charge in [0.25, 0.3) is 10.0 Å². The Morgan fingerprint density at radius 1 is 1.10 bits per heavy atom. The third kappa shape index (κ3) is 2.83. The van der Waals surface area contributed by atoms with E-state index in [9.17, 15) is 8.42 Å². The summed E-state index contributed by atoms with van der Waals surface area (Å²) >= 11 is 0. The normalized spacial score (nSPS) is 10.9. The number of nitriles is 1. The minimum atomic E-state index is -3.86. The molecule has 2 aromatic carbocycles. The van der Waals surface area contributed by atoms with Gasteiger partial charge in [-0.2, -0.15) is 5.26 Å². The summed E-state index contributed by atoms with van der Waals surface area (Å²) in [5, 5.41) is 9.03. The summed E-state index contributed by atoms with van der Waals surface area (Å²) in [5.41, 5.74) is 7.86. The highest BCUT2D eigenvalue weighted by Crippen LogP contribution is 2.28. The molecule has 0 radical (unpaired) electrons. The number of benzene rings is 2. The van der Waals surface area contributed by atoms with E-state index in [1.165, 1.54) is 6.07 Å². The van der Waals surface area contributed by atoms with Crippen LogP contribution in [0.5, 0.6) is 0 Å². The average molecular weight is 301 g/mol. The van der Waals surface area contributed by atoms with Crippen molar-refractivity contribution < 1.29 is 8.42 Å². The van der Waals surface area contributed by atoms with E-state index in [0.717, 1.165) is 0 Å². The van der Waals surface area contributed by atoms with Crippen molar-refractivity contribution in [2.45, 2.75) is 18.7 Å². The van der Waals surface area contributed by atoms with E-state index >= 15 is 0 Å². The first-order valence-corrected chi connectivity index (χ1v) is 7.73. The lowest BCUT2D eigenvalue weighted by molar-refractivity contribution is 0.601. The molecule has 6 heteroatoms. The Labute approximate surface area is 124 Å². The van der Waals surface area contributed by atoms with Gasteiger partial charge in [-0.05, 0) is 37.1 Å². The van der Waals surface area contributed by atoms with Crippen LogP contribution in [0.15, 0.2) is 41.3 Å². The van der Waals surface area contributed by atoms with Gasteiger partial charge in [0.05, 0.1) is 16.9 Å². The van der Waals surface area contributed by atoms with Gasteiger partial charge in [0.15, 0.2) is 0 Å². The molecule has 0 fully saturated rings. The summed E-state index contributed by atoms with van der Waals surface area (Å²) in [5.74, 6) is 0. The Kier molecular flexibility index (Phi) is 3.87. The summed E-state index contributed by atoms with van der Waals surface area (Å²) in [6.07, 6.45) is 0. The zero-order valence-electron chi connectivity index (χ0n) is 11.7. The molecule has 0 unspecified atom stereocenters. The van der Waals surface area contributed by atoms with Crippen molar-refractivity contribution in [1.82, 2.24) is 0 Å². The van der Waals surface area contributed by atoms with Crippen molar-refractivity contribution in [3.8, 4) is 6.07 Å². The molecule has 0 atom stereocenters. The molecule has 3 N–H and O–H groups in total. The van der Waals surface area contributed by atoms with Crippen LogP contribution in [0, 0.1) is 25.2 Å². The van der Waals surface area contributed by atoms with Crippen LogP contribution in [-0.4, -0.2) is 8.42 Å². The average Bonchev–Trinajstić information content (AvgIpc) is 2.43. The monoisotopic (exact) mass is 301 g/mol. The van der Waals surface area contributed by atoms with E-state index in [1.54, 1.807) is 44.2 Å². The number of nitrogens with zero attached hydrogens (tertiary/aromatic N) is 1. The van der Waals surface area contributed by atoms with E-state index in [4.69, 9.17) is 11.0 Å². The molecule has 0 heterocycles. The van der Waals surface area contributed by atoms with Gasteiger partial charge in [0.1, 0.15) is 11.0 Å². The first kappa shape index (κ1) is 14.9. The molecule has 2 aromatic rings. The van der Waals surface area contributed by atoms with Crippen LogP contribution in [0.3, 0.4) is 0 Å². The second kappa shape index (κ2) is 5.46. The molecule has 0 aliphatic carbocycles. The fraction of sp³-hybridized carbons (Fsp3) is 0.133. The van der Waals surface area contributed by atoms with Crippen LogP contribution in [0.25, 0.3) is 0 Å². The highest BCUT2D eigenvalue weighted by Gasteiger charge is 2.22. The number of aryl methyl sites for hydroxylation is 2. The summed E-state index contributed by atoms with van der Waals surface area (Å²) in [7, 11) is -3.86. The maximum absolute atomic E-state index is 12.6. The van der Waals surface area contributed by atoms with Gasteiger partial charge < -0.3 is 5.73 Å². The quantitative estimate of drug-likeness (QED) is 0.851. The Morgan fingerprint density at radius 3 is 2.38 bits per heavy atom. The Bertz CT molecular complexity index is 836. The number of nitrogens with one attached hydrogen (secondary N) is 1. The number of hydrogen-bond acceptors (Lipinski definition) is 4. The van der Waals surface area contributed by atoms with Crippen LogP contribution in [0.4, 0.5) is 11.4 Å². The highest BCUT2D eigenvalue weighted by atomic mass is 32.2. The number of nitrogen functional groups attached to an aromatic ring is 1. The molecule has 0 bridgehead atoms. The van der Waals surface area contributed by atoms with Crippen molar-refractivity contribution in [2.24, 2.45) is 0 Å². The van der Waals surface area contributed by atoms with Gasteiger partial charge in [-0.3, -0.25) is 4.72 Å². The summed E-state index contributed by atoms with van der Waals surface area (Å²) < 4.78 is 27.6. The van der Waals surface area contributed by atoms with Crippen molar-refractivity contribution in [1.29, 1.82) is 5.26 Å². The molecular formula is C15H15N3O2S. The smallest absolute Gasteiger partial charge is 0.264 e. The van der Waals surface area contributed by atoms with E-state index in [1.807, 2.05) is 6.07 Å². The van der Waals surface area contributed by atoms with Crippen LogP contribution in [-0.2, 0) is 10.0 Å². The maximum Gasteiger partial charge on any atom is 0.264 e. The lowest BCUT2D eigenvalue weighted by Crippen LogP contribution is -2.17. The van der Waals surface area contributed by atoms with Crippen LogP contribution < -0.4 is 10.5 Å². The zero-order chi connectivity index (χ0) is 15.6. The van der Waals surface area contributed by atoms with Crippen molar-refractivity contribution in [2.75, 3.05) is 10.5 Å². The molecule has 0 aromatic heterocycles. The third-order valence-corrected chi connectivity index (χ3v) is 4.74. The standard InChI is InChI=1S/C15H15N3O2S/c1-10-7-8-11(2)15(14(10)17)21(19,20)18-13-6-4-3-5-12(13)9-16/h3-8,18H,17H2,1-2H3. The largest absolute Gasteiger partial charge is 0.397 e. The zero-order valence-corrected chi connectivity index (χ0v) is 12.5. The third-order valence-electron chi connectivity index (χ3n) is 3.17. The fourth-order valence-electron chi connectivity index (χ4n) is 2.03. The van der Waals surface area contributed by atoms with Crippen molar-refractivity contribution in [3.63, 3.8) is 0 Å². The van der Waals surface area contributed by atoms with E-state index in [0.29, 0.717) is 11.1 Å². The van der Waals surface area contributed by atoms with Gasteiger partial charge >= 0.3 is 0 Å². The molecule has 108 valence electrons. The molecule has 0 aliphatic heterocycles. The van der Waals surface area contributed by atoms with E-state index < -0.39 is 10.0 Å². The van der Waals surface area contributed by atoms with Crippen LogP contribution in [0.1, 0.15) is 16.7 Å². The van der Waals surface area contributed by atoms with Crippen LogP contribution >= 0.6 is 0 Å². The second-order valence-corrected chi connectivity index (χ2v) is 6.32. The number of anilines is 2. The van der Waals surface area contributed by atoms with Gasteiger partial charge in [-0.25, -0.2) is 8.42 Å². The maximum atomic E-state index is 12.6. The predicted molar refractivity (Wildman–Crippen MR) is 82.3 cm³/mol. The first-order chi connectivity index (χ1) is 9.86. The Hall–Kier alpha value is -2.52. The molecule has 21 heavy (non-hydrogen) atoms. The summed E-state index contributed by atoms with van der Waals surface area (Å²) in [4.78, 5) is 0.0512. The molecular weight excluding hydrogens is 286 g/mol. The second-order valence-electron chi connectivity index (χ2n) is 4.71. The number of nitrogens with two attached hydrogens (primary N) is 1. The molecule has 5 nitrogen and oxygen atoms in total. The number of sulfonamides is 1. The van der Waals surface area contributed by atoms with Crippen LogP contribution in [0.2, 0.25) is 0 Å². The topological polar surface area (TPSA) is 96.0 Å². The minimum absolute atomic E-state index is 0.0512. The van der Waals surface area contributed by atoms with Gasteiger partial charge in [-0.15, -0.1) is 0 Å². The lowest BCUT2D eigenvalue weighted by Gasteiger charge is -2.14. The molecule has 0 spiro atoms. The highest BCUT2D eigenvalue weighted by molar-refractivity contribution is 7.93. The van der Waals surface area contributed by atoms with Gasteiger partial charge in [-0.1, -0.05) is 24.3 Å². The Morgan fingerprint density at radius 2 is 1.71 bits per heavy atom. The predicted octanol–water partition coefficient (Wildman–Crippen LogP) is 2.56. The first-order valence-electron chi connectivity index (χ1n) is 6.24. The van der Waals surface area contributed by atoms with E-state index in [-0.39, 0.29) is 21.8 Å². The summed E-state index contributed by atoms with van der Waals surface area (Å²) in [6.45, 7) is 3.43. The molecule has 0 saturated heterocycles. The number of para-hydroxylation sites is 1.